The number of carbonyl (C=O) groups is 2. The lowest BCUT2D eigenvalue weighted by atomic mass is 9.87. The smallest absolute Gasteiger partial charge is 0.220 e. The number of thiophene rings is 1. The molecule has 0 radical (unpaired) electrons. The SMILES string of the molecule is O=C(CCC1(Cc2cccs2)CCC(=O)N1)NCCc1c[nH]c2ccccc12. The minimum absolute atomic E-state index is 0.0477. The molecule has 0 bridgehead atoms. The lowest BCUT2D eigenvalue weighted by Crippen LogP contribution is -2.44. The summed E-state index contributed by atoms with van der Waals surface area (Å²) < 4.78 is 0. The van der Waals surface area contributed by atoms with Crippen LogP contribution in [0.4, 0.5) is 0 Å². The molecule has 2 aromatic heterocycles. The molecule has 3 heterocycles. The summed E-state index contributed by atoms with van der Waals surface area (Å²) in [7, 11) is 0. The lowest BCUT2D eigenvalue weighted by Gasteiger charge is -2.28. The van der Waals surface area contributed by atoms with Gasteiger partial charge in [-0.25, -0.2) is 0 Å². The van der Waals surface area contributed by atoms with Gasteiger partial charge in [0.15, 0.2) is 0 Å². The molecule has 1 saturated heterocycles. The van der Waals surface area contributed by atoms with Gasteiger partial charge in [0.05, 0.1) is 0 Å². The molecule has 1 atom stereocenters. The van der Waals surface area contributed by atoms with Gasteiger partial charge >= 0.3 is 0 Å². The second-order valence-corrected chi connectivity index (χ2v) is 8.58. The number of fused-ring (bicyclic) bond motifs is 1. The maximum absolute atomic E-state index is 12.4. The highest BCUT2D eigenvalue weighted by Gasteiger charge is 2.38. The lowest BCUT2D eigenvalue weighted by molar-refractivity contribution is -0.122. The van der Waals surface area contributed by atoms with E-state index < -0.39 is 0 Å². The second kappa shape index (κ2) is 8.19. The normalized spacial score (nSPS) is 19.1. The Bertz CT molecular complexity index is 963. The summed E-state index contributed by atoms with van der Waals surface area (Å²) in [4.78, 5) is 28.7. The Morgan fingerprint density at radius 3 is 2.89 bits per heavy atom. The zero-order valence-electron chi connectivity index (χ0n) is 15.8. The zero-order valence-corrected chi connectivity index (χ0v) is 16.6. The van der Waals surface area contributed by atoms with Gasteiger partial charge < -0.3 is 15.6 Å². The number of H-pyrrole nitrogens is 1. The van der Waals surface area contributed by atoms with Crippen LogP contribution >= 0.6 is 11.3 Å². The van der Waals surface area contributed by atoms with Crippen LogP contribution in [0.3, 0.4) is 0 Å². The van der Waals surface area contributed by atoms with Crippen molar-refractivity contribution < 1.29 is 9.59 Å². The minimum Gasteiger partial charge on any atom is -0.361 e. The van der Waals surface area contributed by atoms with E-state index in [2.05, 4.69) is 39.2 Å². The topological polar surface area (TPSA) is 74.0 Å². The highest BCUT2D eigenvalue weighted by atomic mass is 32.1. The Kier molecular flexibility index (Phi) is 5.48. The maximum atomic E-state index is 12.4. The number of aromatic nitrogens is 1. The van der Waals surface area contributed by atoms with E-state index in [0.717, 1.165) is 24.8 Å². The van der Waals surface area contributed by atoms with Gasteiger partial charge in [-0.1, -0.05) is 24.3 Å². The van der Waals surface area contributed by atoms with E-state index >= 15 is 0 Å². The van der Waals surface area contributed by atoms with Gasteiger partial charge in [0.2, 0.25) is 11.8 Å². The summed E-state index contributed by atoms with van der Waals surface area (Å²) in [6.07, 6.45) is 6.07. The molecule has 5 nitrogen and oxygen atoms in total. The number of hydrogen-bond acceptors (Lipinski definition) is 3. The number of para-hydroxylation sites is 1. The third-order valence-corrected chi connectivity index (χ3v) is 6.43. The molecule has 1 fully saturated rings. The monoisotopic (exact) mass is 395 g/mol. The van der Waals surface area contributed by atoms with Crippen LogP contribution in [0.2, 0.25) is 0 Å². The number of nitrogens with one attached hydrogen (secondary N) is 3. The van der Waals surface area contributed by atoms with Crippen molar-refractivity contribution in [2.75, 3.05) is 6.54 Å². The van der Waals surface area contributed by atoms with E-state index in [9.17, 15) is 9.59 Å². The summed E-state index contributed by atoms with van der Waals surface area (Å²) in [5, 5.41) is 9.44. The molecular formula is C22H25N3O2S. The summed E-state index contributed by atoms with van der Waals surface area (Å²) in [5.41, 5.74) is 2.06. The first-order valence-electron chi connectivity index (χ1n) is 9.79. The predicted molar refractivity (Wildman–Crippen MR) is 112 cm³/mol. The molecular weight excluding hydrogens is 370 g/mol. The molecule has 1 unspecified atom stereocenters. The van der Waals surface area contributed by atoms with Crippen LogP contribution in [0.25, 0.3) is 10.9 Å². The number of hydrogen-bond donors (Lipinski definition) is 3. The van der Waals surface area contributed by atoms with Gasteiger partial charge in [0.25, 0.3) is 0 Å². The van der Waals surface area contributed by atoms with Crippen molar-refractivity contribution in [3.05, 3.63) is 58.4 Å². The Hall–Kier alpha value is -2.60. The van der Waals surface area contributed by atoms with Gasteiger partial charge in [-0.3, -0.25) is 9.59 Å². The summed E-state index contributed by atoms with van der Waals surface area (Å²) in [6, 6.07) is 12.3. The average molecular weight is 396 g/mol. The van der Waals surface area contributed by atoms with Crippen LogP contribution in [0.5, 0.6) is 0 Å². The molecule has 1 aliphatic rings. The van der Waals surface area contributed by atoms with Gasteiger partial charge in [-0.2, -0.15) is 0 Å². The fourth-order valence-electron chi connectivity index (χ4n) is 4.04. The Balaban J connectivity index is 1.28. The van der Waals surface area contributed by atoms with E-state index in [1.165, 1.54) is 15.8 Å². The predicted octanol–water partition coefficient (Wildman–Crippen LogP) is 3.56. The van der Waals surface area contributed by atoms with E-state index in [1.54, 1.807) is 11.3 Å². The number of rotatable bonds is 8. The van der Waals surface area contributed by atoms with Crippen LogP contribution in [0, 0.1) is 0 Å². The van der Waals surface area contributed by atoms with Crippen LogP contribution in [-0.2, 0) is 22.4 Å². The van der Waals surface area contributed by atoms with Gasteiger partial charge in [0.1, 0.15) is 0 Å². The van der Waals surface area contributed by atoms with Crippen molar-refractivity contribution in [3.63, 3.8) is 0 Å². The van der Waals surface area contributed by atoms with Crippen LogP contribution in [0.15, 0.2) is 48.0 Å². The molecule has 2 amide bonds. The Labute approximate surface area is 168 Å². The van der Waals surface area contributed by atoms with Crippen molar-refractivity contribution in [1.82, 2.24) is 15.6 Å². The average Bonchev–Trinajstić information content (AvgIpc) is 3.42. The van der Waals surface area contributed by atoms with Crippen LogP contribution in [-0.4, -0.2) is 28.9 Å². The quantitative estimate of drug-likeness (QED) is 0.546. The van der Waals surface area contributed by atoms with Crippen molar-refractivity contribution >= 4 is 34.1 Å². The molecule has 0 aliphatic carbocycles. The van der Waals surface area contributed by atoms with Crippen molar-refractivity contribution in [2.45, 2.75) is 44.1 Å². The van der Waals surface area contributed by atoms with Crippen molar-refractivity contribution in [1.29, 1.82) is 0 Å². The molecule has 3 N–H and O–H groups in total. The maximum Gasteiger partial charge on any atom is 0.220 e. The molecule has 0 spiro atoms. The second-order valence-electron chi connectivity index (χ2n) is 7.54. The highest BCUT2D eigenvalue weighted by molar-refractivity contribution is 7.09. The largest absolute Gasteiger partial charge is 0.361 e. The van der Waals surface area contributed by atoms with E-state index in [-0.39, 0.29) is 17.4 Å². The van der Waals surface area contributed by atoms with Gasteiger partial charge in [0, 0.05) is 53.3 Å². The molecule has 4 rings (SSSR count). The molecule has 1 aliphatic heterocycles. The third kappa shape index (κ3) is 4.28. The van der Waals surface area contributed by atoms with Gasteiger partial charge in [-0.05, 0) is 42.3 Å². The summed E-state index contributed by atoms with van der Waals surface area (Å²) in [5.74, 6) is 0.142. The van der Waals surface area contributed by atoms with E-state index in [0.29, 0.717) is 25.8 Å². The standard InChI is InChI=1S/C22H25N3O2S/c26-20(23-12-9-16-15-24-19-6-2-1-5-18(16)19)7-10-22(11-8-21(27)25-22)14-17-4-3-13-28-17/h1-6,13,15,24H,7-12,14H2,(H,23,26)(H,25,27). The van der Waals surface area contributed by atoms with Crippen LogP contribution < -0.4 is 10.6 Å². The number of benzene rings is 1. The fourth-order valence-corrected chi connectivity index (χ4v) is 4.89. The minimum atomic E-state index is -0.282. The summed E-state index contributed by atoms with van der Waals surface area (Å²) >= 11 is 1.70. The fraction of sp³-hybridized carbons (Fsp3) is 0.364. The number of carbonyl (C=O) groups excluding carboxylic acids is 2. The number of aromatic amines is 1. The Morgan fingerprint density at radius 2 is 2.11 bits per heavy atom. The van der Waals surface area contributed by atoms with E-state index in [1.807, 2.05) is 24.4 Å². The zero-order chi connectivity index (χ0) is 19.4. The Morgan fingerprint density at radius 1 is 1.21 bits per heavy atom. The summed E-state index contributed by atoms with van der Waals surface area (Å²) in [6.45, 7) is 0.616. The first kappa shape index (κ1) is 18.7. The molecule has 0 saturated carbocycles. The molecule has 6 heteroatoms. The first-order valence-corrected chi connectivity index (χ1v) is 10.7. The van der Waals surface area contributed by atoms with Crippen LogP contribution in [0.1, 0.15) is 36.1 Å². The number of amides is 2. The van der Waals surface area contributed by atoms with E-state index in [4.69, 9.17) is 0 Å². The first-order chi connectivity index (χ1) is 13.6. The molecule has 3 aromatic rings. The third-order valence-electron chi connectivity index (χ3n) is 5.55. The molecule has 28 heavy (non-hydrogen) atoms. The van der Waals surface area contributed by atoms with Crippen molar-refractivity contribution in [2.24, 2.45) is 0 Å². The highest BCUT2D eigenvalue weighted by Crippen LogP contribution is 2.31. The van der Waals surface area contributed by atoms with Gasteiger partial charge in [-0.15, -0.1) is 11.3 Å². The molecule has 1 aromatic carbocycles. The van der Waals surface area contributed by atoms with Crippen molar-refractivity contribution in [3.8, 4) is 0 Å². The molecule has 146 valence electrons.